The van der Waals surface area contributed by atoms with E-state index in [1.807, 2.05) is 0 Å². The number of carboxylic acids is 1. The molecule has 0 aromatic heterocycles. The van der Waals surface area contributed by atoms with Crippen molar-refractivity contribution in [2.24, 2.45) is 0 Å². The number of nitrogens with two attached hydrogens (primary N) is 1. The van der Waals surface area contributed by atoms with Crippen LogP contribution in [0, 0.1) is 0 Å². The van der Waals surface area contributed by atoms with E-state index in [1.54, 1.807) is 6.07 Å². The normalized spacial score (nSPS) is 15.4. The van der Waals surface area contributed by atoms with Gasteiger partial charge in [0.2, 0.25) is 0 Å². The SMILES string of the molecule is Nc1cccc(C(=O)O)c1OCC(=O)NC1CCCCC1. The number of para-hydroxylation sites is 1. The maximum atomic E-state index is 11.9. The molecule has 6 heteroatoms. The number of nitrogen functional groups attached to an aromatic ring is 1. The van der Waals surface area contributed by atoms with Crippen LogP contribution in [0.2, 0.25) is 0 Å². The second-order valence-electron chi connectivity index (χ2n) is 5.22. The van der Waals surface area contributed by atoms with Crippen molar-refractivity contribution in [3.8, 4) is 5.75 Å². The molecule has 0 radical (unpaired) electrons. The Morgan fingerprint density at radius 1 is 1.29 bits per heavy atom. The van der Waals surface area contributed by atoms with Crippen LogP contribution in [-0.2, 0) is 4.79 Å². The summed E-state index contributed by atoms with van der Waals surface area (Å²) >= 11 is 0. The van der Waals surface area contributed by atoms with Gasteiger partial charge in [-0.25, -0.2) is 4.79 Å². The first-order valence-electron chi connectivity index (χ1n) is 7.12. The third-order valence-corrected chi connectivity index (χ3v) is 3.59. The lowest BCUT2D eigenvalue weighted by Gasteiger charge is -2.22. The number of aromatic carboxylic acids is 1. The minimum atomic E-state index is -1.13. The van der Waals surface area contributed by atoms with Gasteiger partial charge in [-0.1, -0.05) is 25.3 Å². The van der Waals surface area contributed by atoms with E-state index in [1.165, 1.54) is 18.6 Å². The lowest BCUT2D eigenvalue weighted by Crippen LogP contribution is -2.39. The van der Waals surface area contributed by atoms with E-state index in [-0.39, 0.29) is 35.6 Å². The number of ether oxygens (including phenoxy) is 1. The molecule has 0 aliphatic heterocycles. The minimum absolute atomic E-state index is 0.0412. The first-order valence-corrected chi connectivity index (χ1v) is 7.12. The van der Waals surface area contributed by atoms with Crippen molar-refractivity contribution in [3.05, 3.63) is 23.8 Å². The maximum Gasteiger partial charge on any atom is 0.339 e. The number of nitrogens with one attached hydrogen (secondary N) is 1. The summed E-state index contributed by atoms with van der Waals surface area (Å²) in [4.78, 5) is 23.0. The Balaban J connectivity index is 1.93. The van der Waals surface area contributed by atoms with E-state index in [4.69, 9.17) is 15.6 Å². The predicted octanol–water partition coefficient (Wildman–Crippen LogP) is 1.79. The molecule has 1 fully saturated rings. The van der Waals surface area contributed by atoms with Crippen LogP contribution in [0.4, 0.5) is 5.69 Å². The molecule has 1 aromatic rings. The van der Waals surface area contributed by atoms with E-state index in [9.17, 15) is 9.59 Å². The monoisotopic (exact) mass is 292 g/mol. The van der Waals surface area contributed by atoms with Crippen molar-refractivity contribution in [1.29, 1.82) is 0 Å². The van der Waals surface area contributed by atoms with Gasteiger partial charge < -0.3 is 20.9 Å². The van der Waals surface area contributed by atoms with Crippen LogP contribution in [0.5, 0.6) is 5.75 Å². The Hall–Kier alpha value is -2.24. The molecule has 1 amide bonds. The summed E-state index contributed by atoms with van der Waals surface area (Å²) in [6, 6.07) is 4.67. The molecule has 1 aliphatic carbocycles. The van der Waals surface area contributed by atoms with Gasteiger partial charge in [0.05, 0.1) is 5.69 Å². The molecule has 0 spiro atoms. The van der Waals surface area contributed by atoms with Gasteiger partial charge in [0.25, 0.3) is 5.91 Å². The largest absolute Gasteiger partial charge is 0.481 e. The van der Waals surface area contributed by atoms with Crippen molar-refractivity contribution < 1.29 is 19.4 Å². The lowest BCUT2D eigenvalue weighted by molar-refractivity contribution is -0.124. The van der Waals surface area contributed by atoms with E-state index < -0.39 is 5.97 Å². The number of carbonyl (C=O) groups excluding carboxylic acids is 1. The highest BCUT2D eigenvalue weighted by molar-refractivity contribution is 5.93. The number of rotatable bonds is 5. The molecule has 0 saturated heterocycles. The highest BCUT2D eigenvalue weighted by Gasteiger charge is 2.18. The predicted molar refractivity (Wildman–Crippen MR) is 78.3 cm³/mol. The molecule has 6 nitrogen and oxygen atoms in total. The molecule has 4 N–H and O–H groups in total. The standard InChI is InChI=1S/C15H20N2O4/c16-12-8-4-7-11(15(19)20)14(12)21-9-13(18)17-10-5-2-1-3-6-10/h4,7-8,10H,1-3,5-6,9,16H2,(H,17,18)(H,19,20). The second-order valence-corrected chi connectivity index (χ2v) is 5.22. The molecule has 0 atom stereocenters. The van der Waals surface area contributed by atoms with Crippen molar-refractivity contribution >= 4 is 17.6 Å². The van der Waals surface area contributed by atoms with E-state index in [2.05, 4.69) is 5.32 Å². The number of carbonyl (C=O) groups is 2. The Morgan fingerprint density at radius 3 is 2.67 bits per heavy atom. The molecule has 114 valence electrons. The Kier molecular flexibility index (Phi) is 5.03. The highest BCUT2D eigenvalue weighted by atomic mass is 16.5. The zero-order chi connectivity index (χ0) is 15.2. The molecule has 0 bridgehead atoms. The number of amides is 1. The van der Waals surface area contributed by atoms with Crippen LogP contribution in [0.1, 0.15) is 42.5 Å². The average molecular weight is 292 g/mol. The Morgan fingerprint density at radius 2 is 2.00 bits per heavy atom. The van der Waals surface area contributed by atoms with E-state index in [0.29, 0.717) is 0 Å². The van der Waals surface area contributed by atoms with Gasteiger partial charge in [-0.2, -0.15) is 0 Å². The lowest BCUT2D eigenvalue weighted by atomic mass is 9.95. The quantitative estimate of drug-likeness (QED) is 0.718. The first-order chi connectivity index (χ1) is 10.1. The van der Waals surface area contributed by atoms with Crippen molar-refractivity contribution in [1.82, 2.24) is 5.32 Å². The summed E-state index contributed by atoms with van der Waals surface area (Å²) in [5.74, 6) is -1.34. The number of anilines is 1. The summed E-state index contributed by atoms with van der Waals surface area (Å²) in [5, 5.41) is 12.0. The van der Waals surface area contributed by atoms with Gasteiger partial charge in [0.1, 0.15) is 5.56 Å². The minimum Gasteiger partial charge on any atom is -0.481 e. The average Bonchev–Trinajstić information content (AvgIpc) is 2.46. The van der Waals surface area contributed by atoms with Gasteiger partial charge >= 0.3 is 5.97 Å². The number of hydrogen-bond donors (Lipinski definition) is 3. The fourth-order valence-corrected chi connectivity index (χ4v) is 2.54. The van der Waals surface area contributed by atoms with Crippen LogP contribution in [0.3, 0.4) is 0 Å². The van der Waals surface area contributed by atoms with Crippen LogP contribution in [0.25, 0.3) is 0 Å². The molecule has 0 heterocycles. The molecular weight excluding hydrogens is 272 g/mol. The molecular formula is C15H20N2O4. The number of hydrogen-bond acceptors (Lipinski definition) is 4. The molecule has 1 aliphatic rings. The summed E-state index contributed by atoms with van der Waals surface area (Å²) in [7, 11) is 0. The Labute approximate surface area is 123 Å². The summed E-state index contributed by atoms with van der Waals surface area (Å²) < 4.78 is 5.31. The zero-order valence-corrected chi connectivity index (χ0v) is 11.8. The number of benzene rings is 1. The first kappa shape index (κ1) is 15.2. The second kappa shape index (κ2) is 6.97. The van der Waals surface area contributed by atoms with Crippen LogP contribution < -0.4 is 15.8 Å². The third kappa shape index (κ3) is 4.11. The Bertz CT molecular complexity index is 524. The molecule has 0 unspecified atom stereocenters. The molecule has 2 rings (SSSR count). The summed E-state index contributed by atoms with van der Waals surface area (Å²) in [5.41, 5.74) is 5.88. The van der Waals surface area contributed by atoms with Gasteiger partial charge in [-0.3, -0.25) is 4.79 Å². The van der Waals surface area contributed by atoms with Crippen LogP contribution in [-0.4, -0.2) is 29.6 Å². The molecule has 21 heavy (non-hydrogen) atoms. The van der Waals surface area contributed by atoms with Crippen LogP contribution in [0.15, 0.2) is 18.2 Å². The van der Waals surface area contributed by atoms with Gasteiger partial charge in [-0.15, -0.1) is 0 Å². The summed E-state index contributed by atoms with van der Waals surface area (Å²) in [6.07, 6.45) is 5.44. The fraction of sp³-hybridized carbons (Fsp3) is 0.467. The van der Waals surface area contributed by atoms with E-state index in [0.717, 1.165) is 25.7 Å². The topological polar surface area (TPSA) is 102 Å². The summed E-state index contributed by atoms with van der Waals surface area (Å²) in [6.45, 7) is -0.231. The molecule has 1 aromatic carbocycles. The van der Waals surface area contributed by atoms with E-state index >= 15 is 0 Å². The van der Waals surface area contributed by atoms with Gasteiger partial charge in [-0.05, 0) is 25.0 Å². The maximum absolute atomic E-state index is 11.9. The van der Waals surface area contributed by atoms with Crippen molar-refractivity contribution in [2.75, 3.05) is 12.3 Å². The van der Waals surface area contributed by atoms with Gasteiger partial charge in [0.15, 0.2) is 12.4 Å². The molecule has 1 saturated carbocycles. The van der Waals surface area contributed by atoms with Crippen LogP contribution >= 0.6 is 0 Å². The smallest absolute Gasteiger partial charge is 0.339 e. The van der Waals surface area contributed by atoms with Crippen molar-refractivity contribution in [3.63, 3.8) is 0 Å². The zero-order valence-electron chi connectivity index (χ0n) is 11.8. The fourth-order valence-electron chi connectivity index (χ4n) is 2.54. The van der Waals surface area contributed by atoms with Gasteiger partial charge in [0, 0.05) is 6.04 Å². The highest BCUT2D eigenvalue weighted by Crippen LogP contribution is 2.26. The number of carboxylic acid groups (broad SMARTS) is 1. The van der Waals surface area contributed by atoms with Crippen molar-refractivity contribution in [2.45, 2.75) is 38.1 Å². The third-order valence-electron chi connectivity index (χ3n) is 3.59.